The molecule has 0 unspecified atom stereocenters. The second-order valence-corrected chi connectivity index (χ2v) is 5.10. The number of ketones is 1. The zero-order chi connectivity index (χ0) is 14.1. The molecule has 0 N–H and O–H groups in total. The van der Waals surface area contributed by atoms with Crippen LogP contribution in [0.25, 0.3) is 11.0 Å². The normalized spacial score (nSPS) is 10.9. The minimum atomic E-state index is 0.0266. The molecular weight excluding hydrogens is 272 g/mol. The number of rotatable bonds is 3. The maximum atomic E-state index is 12.4. The number of fused-ring (bicyclic) bond motifs is 1. The number of hydrogen-bond acceptors (Lipinski definition) is 2. The van der Waals surface area contributed by atoms with E-state index in [4.69, 9.17) is 11.6 Å². The van der Waals surface area contributed by atoms with Crippen LogP contribution < -0.4 is 0 Å². The first-order valence-electron chi connectivity index (χ1n) is 6.36. The van der Waals surface area contributed by atoms with Crippen molar-refractivity contribution in [3.8, 4) is 0 Å². The predicted octanol–water partition coefficient (Wildman–Crippen LogP) is 3.88. The summed E-state index contributed by atoms with van der Waals surface area (Å²) in [4.78, 5) is 16.8. The van der Waals surface area contributed by atoms with Crippen LogP contribution in [0, 0.1) is 6.92 Å². The molecule has 2 aromatic carbocycles. The molecule has 0 saturated heterocycles. The Bertz CT molecular complexity index is 792. The van der Waals surface area contributed by atoms with E-state index in [2.05, 4.69) is 4.98 Å². The minimum Gasteiger partial charge on any atom is -0.320 e. The van der Waals surface area contributed by atoms with E-state index in [1.807, 2.05) is 35.8 Å². The number of benzene rings is 2. The van der Waals surface area contributed by atoms with Gasteiger partial charge in [-0.3, -0.25) is 4.79 Å². The van der Waals surface area contributed by atoms with Crippen LogP contribution in [-0.4, -0.2) is 15.3 Å². The molecular formula is C16H13ClN2O. The summed E-state index contributed by atoms with van der Waals surface area (Å²) in [7, 11) is 0. The first-order valence-corrected chi connectivity index (χ1v) is 6.73. The predicted molar refractivity (Wildman–Crippen MR) is 80.3 cm³/mol. The van der Waals surface area contributed by atoms with E-state index in [0.29, 0.717) is 10.6 Å². The molecule has 0 fully saturated rings. The molecule has 0 bridgehead atoms. The number of hydrogen-bond donors (Lipinski definition) is 0. The van der Waals surface area contributed by atoms with Crippen LogP contribution in [0.4, 0.5) is 0 Å². The van der Waals surface area contributed by atoms with E-state index in [-0.39, 0.29) is 12.3 Å². The van der Waals surface area contributed by atoms with Crippen molar-refractivity contribution in [2.75, 3.05) is 0 Å². The summed E-state index contributed by atoms with van der Waals surface area (Å²) in [6, 6.07) is 14.8. The summed E-state index contributed by atoms with van der Waals surface area (Å²) in [5.74, 6) is 0.861. The highest BCUT2D eigenvalue weighted by molar-refractivity contribution is 6.31. The van der Waals surface area contributed by atoms with Gasteiger partial charge >= 0.3 is 0 Å². The van der Waals surface area contributed by atoms with Crippen molar-refractivity contribution < 1.29 is 4.79 Å². The van der Waals surface area contributed by atoms with Gasteiger partial charge in [0, 0.05) is 10.6 Å². The number of aryl methyl sites for hydroxylation is 1. The summed E-state index contributed by atoms with van der Waals surface area (Å²) in [6.07, 6.45) is 0. The van der Waals surface area contributed by atoms with Crippen molar-refractivity contribution >= 4 is 28.4 Å². The molecule has 4 heteroatoms. The van der Waals surface area contributed by atoms with Gasteiger partial charge in [0.05, 0.1) is 17.6 Å². The summed E-state index contributed by atoms with van der Waals surface area (Å²) in [5.41, 5.74) is 2.50. The van der Waals surface area contributed by atoms with E-state index in [9.17, 15) is 4.79 Å². The fourth-order valence-corrected chi connectivity index (χ4v) is 2.48. The molecule has 3 nitrogen and oxygen atoms in total. The van der Waals surface area contributed by atoms with E-state index < -0.39 is 0 Å². The monoisotopic (exact) mass is 284 g/mol. The fourth-order valence-electron chi connectivity index (χ4n) is 2.29. The van der Waals surface area contributed by atoms with Gasteiger partial charge < -0.3 is 4.57 Å². The average Bonchev–Trinajstić information content (AvgIpc) is 2.75. The molecule has 100 valence electrons. The first kappa shape index (κ1) is 12.9. The Morgan fingerprint density at radius 1 is 1.20 bits per heavy atom. The van der Waals surface area contributed by atoms with Gasteiger partial charge in [0.1, 0.15) is 5.82 Å². The summed E-state index contributed by atoms with van der Waals surface area (Å²) < 4.78 is 1.93. The van der Waals surface area contributed by atoms with E-state index in [1.54, 1.807) is 24.3 Å². The van der Waals surface area contributed by atoms with E-state index >= 15 is 0 Å². The van der Waals surface area contributed by atoms with Gasteiger partial charge in [0.15, 0.2) is 5.78 Å². The molecule has 3 aromatic rings. The van der Waals surface area contributed by atoms with Crippen LogP contribution in [0.3, 0.4) is 0 Å². The van der Waals surface area contributed by atoms with Gasteiger partial charge in [0.2, 0.25) is 0 Å². The number of carbonyl (C=O) groups excluding carboxylic acids is 1. The zero-order valence-electron chi connectivity index (χ0n) is 11.0. The van der Waals surface area contributed by atoms with E-state index in [1.165, 1.54) is 0 Å². The van der Waals surface area contributed by atoms with Gasteiger partial charge in [-0.25, -0.2) is 4.98 Å². The summed E-state index contributed by atoms with van der Waals surface area (Å²) >= 11 is 5.93. The number of para-hydroxylation sites is 2. The van der Waals surface area contributed by atoms with Crippen LogP contribution in [0.2, 0.25) is 5.02 Å². The van der Waals surface area contributed by atoms with Crippen LogP contribution in [0.15, 0.2) is 48.5 Å². The first-order chi connectivity index (χ1) is 9.65. The number of nitrogens with zero attached hydrogens (tertiary/aromatic N) is 2. The second-order valence-electron chi connectivity index (χ2n) is 4.67. The number of Topliss-reactive ketones (excluding diaryl/α,β-unsaturated/α-hetero) is 1. The fraction of sp³-hybridized carbons (Fsp3) is 0.125. The van der Waals surface area contributed by atoms with Crippen LogP contribution >= 0.6 is 11.6 Å². The molecule has 0 aliphatic rings. The molecule has 0 radical (unpaired) electrons. The molecule has 1 aromatic heterocycles. The minimum absolute atomic E-state index is 0.0266. The van der Waals surface area contributed by atoms with Crippen molar-refractivity contribution in [1.29, 1.82) is 0 Å². The highest BCUT2D eigenvalue weighted by atomic mass is 35.5. The maximum Gasteiger partial charge on any atom is 0.182 e. The van der Waals surface area contributed by atoms with E-state index in [0.717, 1.165) is 16.9 Å². The molecule has 0 aliphatic heterocycles. The van der Waals surface area contributed by atoms with Crippen molar-refractivity contribution in [2.45, 2.75) is 13.5 Å². The standard InChI is InChI=1S/C16H13ClN2O/c1-11-18-14-7-2-3-8-15(14)19(11)10-16(20)12-5-4-6-13(17)9-12/h2-9H,10H2,1H3. The van der Waals surface area contributed by atoms with Crippen molar-refractivity contribution in [3.63, 3.8) is 0 Å². The maximum absolute atomic E-state index is 12.4. The van der Waals surface area contributed by atoms with Gasteiger partial charge in [-0.05, 0) is 31.2 Å². The smallest absolute Gasteiger partial charge is 0.182 e. The highest BCUT2D eigenvalue weighted by Crippen LogP contribution is 2.17. The molecule has 0 atom stereocenters. The summed E-state index contributed by atoms with van der Waals surface area (Å²) in [5, 5.41) is 0.572. The Hall–Kier alpha value is -2.13. The van der Waals surface area contributed by atoms with Gasteiger partial charge in [-0.2, -0.15) is 0 Å². The van der Waals surface area contributed by atoms with Crippen LogP contribution in [-0.2, 0) is 6.54 Å². The lowest BCUT2D eigenvalue weighted by Gasteiger charge is -2.06. The van der Waals surface area contributed by atoms with Crippen molar-refractivity contribution in [2.24, 2.45) is 0 Å². The number of carbonyl (C=O) groups is 1. The molecule has 0 aliphatic carbocycles. The second kappa shape index (κ2) is 5.10. The molecule has 20 heavy (non-hydrogen) atoms. The lowest BCUT2D eigenvalue weighted by atomic mass is 10.1. The number of aromatic nitrogens is 2. The third-order valence-electron chi connectivity index (χ3n) is 3.29. The number of halogens is 1. The SMILES string of the molecule is Cc1nc2ccccc2n1CC(=O)c1cccc(Cl)c1. The zero-order valence-corrected chi connectivity index (χ0v) is 11.8. The number of imidazole rings is 1. The molecule has 0 amide bonds. The summed E-state index contributed by atoms with van der Waals surface area (Å²) in [6.45, 7) is 2.18. The van der Waals surface area contributed by atoms with Gasteiger partial charge in [-0.15, -0.1) is 0 Å². The largest absolute Gasteiger partial charge is 0.320 e. The van der Waals surface area contributed by atoms with Crippen molar-refractivity contribution in [1.82, 2.24) is 9.55 Å². The molecule has 3 rings (SSSR count). The third kappa shape index (κ3) is 2.32. The molecule has 1 heterocycles. The Kier molecular flexibility index (Phi) is 3.28. The van der Waals surface area contributed by atoms with Crippen LogP contribution in [0.5, 0.6) is 0 Å². The average molecular weight is 285 g/mol. The quantitative estimate of drug-likeness (QED) is 0.684. The van der Waals surface area contributed by atoms with Crippen LogP contribution in [0.1, 0.15) is 16.2 Å². The van der Waals surface area contributed by atoms with Crippen molar-refractivity contribution in [3.05, 3.63) is 64.9 Å². The highest BCUT2D eigenvalue weighted by Gasteiger charge is 2.12. The van der Waals surface area contributed by atoms with Gasteiger partial charge in [-0.1, -0.05) is 35.9 Å². The molecule has 0 saturated carbocycles. The Morgan fingerprint density at radius 2 is 2.00 bits per heavy atom. The Balaban J connectivity index is 1.97. The topological polar surface area (TPSA) is 34.9 Å². The lowest BCUT2D eigenvalue weighted by Crippen LogP contribution is -2.11. The molecule has 0 spiro atoms. The Morgan fingerprint density at radius 3 is 2.80 bits per heavy atom. The Labute approximate surface area is 121 Å². The van der Waals surface area contributed by atoms with Gasteiger partial charge in [0.25, 0.3) is 0 Å². The third-order valence-corrected chi connectivity index (χ3v) is 3.53. The lowest BCUT2D eigenvalue weighted by molar-refractivity contribution is 0.0972.